The lowest BCUT2D eigenvalue weighted by atomic mass is 10.1. The largest absolute Gasteiger partial charge is 0.326 e. The van der Waals surface area contributed by atoms with Crippen molar-refractivity contribution in [2.75, 3.05) is 0 Å². The molecule has 98 valence electrons. The lowest BCUT2D eigenvalue weighted by Crippen LogP contribution is -2.03. The van der Waals surface area contributed by atoms with Crippen LogP contribution in [0.2, 0.25) is 0 Å². The second-order valence-electron chi connectivity index (χ2n) is 4.68. The molecule has 0 radical (unpaired) electrons. The molecule has 1 aliphatic carbocycles. The van der Waals surface area contributed by atoms with Crippen LogP contribution in [0.15, 0.2) is 40.3 Å². The molecule has 0 saturated carbocycles. The number of rotatable bonds is 3. The summed E-state index contributed by atoms with van der Waals surface area (Å²) in [6, 6.07) is 8.75. The third-order valence-electron chi connectivity index (χ3n) is 3.32. The van der Waals surface area contributed by atoms with Crippen molar-refractivity contribution in [1.29, 1.82) is 0 Å². The Labute approximate surface area is 116 Å². The molecule has 0 bridgehead atoms. The fourth-order valence-corrected chi connectivity index (χ4v) is 3.35. The zero-order valence-electron chi connectivity index (χ0n) is 10.5. The summed E-state index contributed by atoms with van der Waals surface area (Å²) in [5.41, 5.74) is 9.35. The van der Waals surface area contributed by atoms with E-state index < -0.39 is 0 Å². The predicted octanol–water partition coefficient (Wildman–Crippen LogP) is 3.32. The number of fused-ring (bicyclic) bond motifs is 1. The van der Waals surface area contributed by atoms with Gasteiger partial charge < -0.3 is 5.73 Å². The van der Waals surface area contributed by atoms with E-state index in [0.717, 1.165) is 28.3 Å². The van der Waals surface area contributed by atoms with Gasteiger partial charge in [0.15, 0.2) is 0 Å². The lowest BCUT2D eigenvalue weighted by Gasteiger charge is -2.10. The van der Waals surface area contributed by atoms with Crippen molar-refractivity contribution in [3.05, 3.63) is 53.0 Å². The van der Waals surface area contributed by atoms with E-state index in [4.69, 9.17) is 10.7 Å². The van der Waals surface area contributed by atoms with Crippen molar-refractivity contribution in [1.82, 2.24) is 4.98 Å². The van der Waals surface area contributed by atoms with Crippen LogP contribution in [0.3, 0.4) is 0 Å². The number of aryl methyl sites for hydroxylation is 2. The highest BCUT2D eigenvalue weighted by atomic mass is 32.2. The Balaban J connectivity index is 1.96. The number of nitrogens with zero attached hydrogens (tertiary/aromatic N) is 1. The van der Waals surface area contributed by atoms with Crippen molar-refractivity contribution in [2.24, 2.45) is 5.73 Å². The number of aromatic nitrogens is 1. The minimum absolute atomic E-state index is 0.222. The van der Waals surface area contributed by atoms with E-state index in [-0.39, 0.29) is 5.82 Å². The molecule has 1 aromatic heterocycles. The van der Waals surface area contributed by atoms with Crippen LogP contribution in [0.5, 0.6) is 0 Å². The molecule has 0 fully saturated rings. The quantitative estimate of drug-likeness (QED) is 0.933. The summed E-state index contributed by atoms with van der Waals surface area (Å²) in [5.74, 6) is -0.222. The zero-order valence-corrected chi connectivity index (χ0v) is 11.3. The van der Waals surface area contributed by atoms with Crippen molar-refractivity contribution in [3.63, 3.8) is 0 Å². The first-order chi connectivity index (χ1) is 9.26. The normalized spacial score (nSPS) is 13.6. The molecule has 0 unspecified atom stereocenters. The summed E-state index contributed by atoms with van der Waals surface area (Å²) in [4.78, 5) is 5.57. The van der Waals surface area contributed by atoms with Crippen LogP contribution >= 0.6 is 11.8 Å². The summed E-state index contributed by atoms with van der Waals surface area (Å²) in [6.07, 6.45) is 3.30. The van der Waals surface area contributed by atoms with Crippen LogP contribution in [0.25, 0.3) is 0 Å². The predicted molar refractivity (Wildman–Crippen MR) is 74.7 cm³/mol. The van der Waals surface area contributed by atoms with Gasteiger partial charge in [-0.1, -0.05) is 23.9 Å². The summed E-state index contributed by atoms with van der Waals surface area (Å²) < 4.78 is 13.2. The lowest BCUT2D eigenvalue weighted by molar-refractivity contribution is 0.624. The molecule has 2 aromatic rings. The van der Waals surface area contributed by atoms with E-state index >= 15 is 0 Å². The molecule has 1 heterocycles. The second kappa shape index (κ2) is 5.31. The van der Waals surface area contributed by atoms with Gasteiger partial charge in [0, 0.05) is 17.1 Å². The van der Waals surface area contributed by atoms with E-state index in [1.165, 1.54) is 41.6 Å². The molecule has 0 amide bonds. The molecule has 2 N–H and O–H groups in total. The molecule has 0 aliphatic heterocycles. The van der Waals surface area contributed by atoms with Crippen molar-refractivity contribution in [3.8, 4) is 0 Å². The van der Waals surface area contributed by atoms with Gasteiger partial charge in [0.2, 0.25) is 0 Å². The smallest absolute Gasteiger partial charge is 0.124 e. The Kier molecular flexibility index (Phi) is 3.53. The highest BCUT2D eigenvalue weighted by Crippen LogP contribution is 2.32. The maximum atomic E-state index is 13.2. The fourth-order valence-electron chi connectivity index (χ4n) is 2.38. The number of benzene rings is 1. The fraction of sp³-hybridized carbons (Fsp3) is 0.267. The molecule has 1 aromatic carbocycles. The molecule has 2 nitrogen and oxygen atoms in total. The summed E-state index contributed by atoms with van der Waals surface area (Å²) in [6.45, 7) is 0.470. The van der Waals surface area contributed by atoms with Crippen LogP contribution in [-0.4, -0.2) is 4.98 Å². The number of hydrogen-bond donors (Lipinski definition) is 1. The Bertz CT molecular complexity index is 613. The van der Waals surface area contributed by atoms with E-state index in [0.29, 0.717) is 6.54 Å². The number of halogens is 1. The molecular weight excluding hydrogens is 259 g/mol. The molecule has 0 atom stereocenters. The molecule has 0 spiro atoms. The topological polar surface area (TPSA) is 38.9 Å². The van der Waals surface area contributed by atoms with Gasteiger partial charge in [-0.15, -0.1) is 0 Å². The van der Waals surface area contributed by atoms with Crippen LogP contribution in [0.4, 0.5) is 4.39 Å². The average Bonchev–Trinajstić information content (AvgIpc) is 2.85. The highest BCUT2D eigenvalue weighted by Gasteiger charge is 2.16. The molecule has 3 rings (SSSR count). The van der Waals surface area contributed by atoms with Gasteiger partial charge in [-0.2, -0.15) is 0 Å². The Morgan fingerprint density at radius 3 is 2.95 bits per heavy atom. The summed E-state index contributed by atoms with van der Waals surface area (Å²) >= 11 is 1.49. The van der Waals surface area contributed by atoms with Crippen molar-refractivity contribution < 1.29 is 4.39 Å². The van der Waals surface area contributed by atoms with E-state index in [1.807, 2.05) is 6.07 Å². The van der Waals surface area contributed by atoms with Gasteiger partial charge in [0.05, 0.1) is 0 Å². The highest BCUT2D eigenvalue weighted by molar-refractivity contribution is 7.99. The maximum absolute atomic E-state index is 13.2. The number of nitrogens with two attached hydrogens (primary N) is 1. The van der Waals surface area contributed by atoms with E-state index in [2.05, 4.69) is 6.07 Å². The first-order valence-electron chi connectivity index (χ1n) is 6.41. The second-order valence-corrected chi connectivity index (χ2v) is 5.74. The van der Waals surface area contributed by atoms with Gasteiger partial charge in [-0.05, 0) is 48.6 Å². The number of pyridine rings is 1. The molecule has 1 aliphatic rings. The van der Waals surface area contributed by atoms with E-state index in [9.17, 15) is 4.39 Å². The van der Waals surface area contributed by atoms with Crippen LogP contribution in [0.1, 0.15) is 23.2 Å². The molecular formula is C15H15FN2S. The molecule has 0 saturated heterocycles. The average molecular weight is 274 g/mol. The molecule has 19 heavy (non-hydrogen) atoms. The van der Waals surface area contributed by atoms with Gasteiger partial charge >= 0.3 is 0 Å². The Morgan fingerprint density at radius 2 is 2.16 bits per heavy atom. The Hall–Kier alpha value is -1.39. The Morgan fingerprint density at radius 1 is 1.26 bits per heavy atom. The maximum Gasteiger partial charge on any atom is 0.124 e. The summed E-state index contributed by atoms with van der Waals surface area (Å²) in [5, 5.41) is 0.911. The van der Waals surface area contributed by atoms with Crippen LogP contribution < -0.4 is 5.73 Å². The summed E-state index contributed by atoms with van der Waals surface area (Å²) in [7, 11) is 0. The van der Waals surface area contributed by atoms with Gasteiger partial charge in [-0.25, -0.2) is 9.37 Å². The van der Waals surface area contributed by atoms with Gasteiger partial charge in [-0.3, -0.25) is 0 Å². The van der Waals surface area contributed by atoms with Crippen molar-refractivity contribution in [2.45, 2.75) is 35.7 Å². The molecule has 4 heteroatoms. The zero-order chi connectivity index (χ0) is 13.2. The first-order valence-corrected chi connectivity index (χ1v) is 7.23. The van der Waals surface area contributed by atoms with Gasteiger partial charge in [0.25, 0.3) is 0 Å². The first kappa shape index (κ1) is 12.6. The van der Waals surface area contributed by atoms with Crippen LogP contribution in [-0.2, 0) is 19.4 Å². The van der Waals surface area contributed by atoms with E-state index in [1.54, 1.807) is 6.07 Å². The minimum atomic E-state index is -0.222. The minimum Gasteiger partial charge on any atom is -0.326 e. The van der Waals surface area contributed by atoms with Crippen LogP contribution in [0, 0.1) is 5.82 Å². The SMILES string of the molecule is NCc1cc2c(nc1Sc1cccc(F)c1)CCC2. The third-order valence-corrected chi connectivity index (χ3v) is 4.36. The number of hydrogen-bond acceptors (Lipinski definition) is 3. The monoisotopic (exact) mass is 274 g/mol. The van der Waals surface area contributed by atoms with Gasteiger partial charge in [0.1, 0.15) is 10.8 Å². The third kappa shape index (κ3) is 2.65. The standard InChI is InChI=1S/C15H15FN2S/c16-12-4-2-5-13(8-12)19-15-11(9-17)7-10-3-1-6-14(10)18-15/h2,4-5,7-8H,1,3,6,9,17H2. The van der Waals surface area contributed by atoms with Crippen molar-refractivity contribution >= 4 is 11.8 Å².